The third-order valence-corrected chi connectivity index (χ3v) is 2.98. The molecule has 1 fully saturated rings. The predicted molar refractivity (Wildman–Crippen MR) is 64.5 cm³/mol. The fraction of sp³-hybridized carbons (Fsp3) is 0.500. The van der Waals surface area contributed by atoms with E-state index in [4.69, 9.17) is 14.2 Å². The van der Waals surface area contributed by atoms with Crippen molar-refractivity contribution < 1.29 is 14.2 Å². The molecule has 0 bridgehead atoms. The topological polar surface area (TPSA) is 27.7 Å². The van der Waals surface area contributed by atoms with Crippen LogP contribution in [0.1, 0.15) is 13.8 Å². The Kier molecular flexibility index (Phi) is 3.52. The van der Waals surface area contributed by atoms with Crippen molar-refractivity contribution >= 4 is 15.9 Å². The Hall–Kier alpha value is -0.580. The molecule has 0 saturated carbocycles. The predicted octanol–water partition coefficient (Wildman–Crippen LogP) is 2.98. The fourth-order valence-electron chi connectivity index (χ4n) is 1.59. The minimum absolute atomic E-state index is 0.00195. The summed E-state index contributed by atoms with van der Waals surface area (Å²) in [5.74, 6) is 0.345. The highest BCUT2D eigenvalue weighted by molar-refractivity contribution is 9.10. The van der Waals surface area contributed by atoms with E-state index in [0.29, 0.717) is 13.2 Å². The van der Waals surface area contributed by atoms with E-state index < -0.39 is 5.79 Å². The van der Waals surface area contributed by atoms with Crippen molar-refractivity contribution in [3.8, 4) is 5.75 Å². The minimum atomic E-state index is -0.484. The molecule has 0 spiro atoms. The summed E-state index contributed by atoms with van der Waals surface area (Å²) < 4.78 is 17.7. The smallest absolute Gasteiger partial charge is 0.163 e. The van der Waals surface area contributed by atoms with Crippen LogP contribution in [-0.2, 0) is 9.47 Å². The van der Waals surface area contributed by atoms with Gasteiger partial charge in [0.1, 0.15) is 18.5 Å². The highest BCUT2D eigenvalue weighted by atomic mass is 79.9. The first-order valence-electron chi connectivity index (χ1n) is 5.26. The summed E-state index contributed by atoms with van der Waals surface area (Å²) in [7, 11) is 0. The zero-order valence-electron chi connectivity index (χ0n) is 9.40. The van der Waals surface area contributed by atoms with Gasteiger partial charge in [-0.1, -0.05) is 12.1 Å². The van der Waals surface area contributed by atoms with Crippen molar-refractivity contribution in [2.45, 2.75) is 25.7 Å². The van der Waals surface area contributed by atoms with E-state index in [2.05, 4.69) is 15.9 Å². The van der Waals surface area contributed by atoms with Gasteiger partial charge in [0.25, 0.3) is 0 Å². The van der Waals surface area contributed by atoms with Gasteiger partial charge in [0.05, 0.1) is 11.1 Å². The largest absolute Gasteiger partial charge is 0.490 e. The molecule has 1 heterocycles. The Bertz CT molecular complexity index is 365. The van der Waals surface area contributed by atoms with Crippen LogP contribution >= 0.6 is 15.9 Å². The molecule has 3 nitrogen and oxygen atoms in total. The van der Waals surface area contributed by atoms with Crippen LogP contribution in [0.5, 0.6) is 5.75 Å². The lowest BCUT2D eigenvalue weighted by molar-refractivity contribution is -0.141. The van der Waals surface area contributed by atoms with Gasteiger partial charge < -0.3 is 14.2 Å². The molecule has 1 saturated heterocycles. The van der Waals surface area contributed by atoms with Crippen molar-refractivity contribution in [2.75, 3.05) is 13.2 Å². The molecule has 88 valence electrons. The average Bonchev–Trinajstić information content (AvgIpc) is 2.57. The Morgan fingerprint density at radius 1 is 1.44 bits per heavy atom. The second-order valence-corrected chi connectivity index (χ2v) is 5.05. The van der Waals surface area contributed by atoms with Crippen LogP contribution in [-0.4, -0.2) is 25.1 Å². The summed E-state index contributed by atoms with van der Waals surface area (Å²) >= 11 is 3.43. The van der Waals surface area contributed by atoms with Crippen molar-refractivity contribution in [1.29, 1.82) is 0 Å². The number of rotatable bonds is 3. The van der Waals surface area contributed by atoms with E-state index in [-0.39, 0.29) is 6.10 Å². The van der Waals surface area contributed by atoms with Gasteiger partial charge in [0.2, 0.25) is 0 Å². The molecule has 0 amide bonds. The molecule has 1 unspecified atom stereocenters. The molecule has 0 radical (unpaired) electrons. The van der Waals surface area contributed by atoms with Gasteiger partial charge in [-0.3, -0.25) is 0 Å². The summed E-state index contributed by atoms with van der Waals surface area (Å²) in [6.45, 7) is 4.90. The average molecular weight is 287 g/mol. The van der Waals surface area contributed by atoms with Gasteiger partial charge in [0.15, 0.2) is 5.79 Å². The Labute approximate surface area is 104 Å². The Balaban J connectivity index is 1.87. The number of hydrogen-bond acceptors (Lipinski definition) is 3. The maximum atomic E-state index is 5.66. The van der Waals surface area contributed by atoms with E-state index >= 15 is 0 Å². The quantitative estimate of drug-likeness (QED) is 0.855. The highest BCUT2D eigenvalue weighted by Gasteiger charge is 2.32. The van der Waals surface area contributed by atoms with Gasteiger partial charge in [0, 0.05) is 0 Å². The maximum Gasteiger partial charge on any atom is 0.163 e. The zero-order chi connectivity index (χ0) is 11.6. The molecule has 0 N–H and O–H groups in total. The summed E-state index contributed by atoms with van der Waals surface area (Å²) in [5, 5.41) is 0. The van der Waals surface area contributed by atoms with Crippen LogP contribution in [0.4, 0.5) is 0 Å². The van der Waals surface area contributed by atoms with Crippen LogP contribution < -0.4 is 4.74 Å². The SMILES string of the molecule is CC1(C)OCC(COc2ccccc2Br)O1. The minimum Gasteiger partial charge on any atom is -0.490 e. The van der Waals surface area contributed by atoms with Crippen LogP contribution in [0.15, 0.2) is 28.7 Å². The van der Waals surface area contributed by atoms with E-state index in [1.807, 2.05) is 38.1 Å². The molecule has 4 heteroatoms. The Morgan fingerprint density at radius 2 is 2.19 bits per heavy atom. The standard InChI is InChI=1S/C12H15BrO3/c1-12(2)15-8-9(16-12)7-14-11-6-4-3-5-10(11)13/h3-6,9H,7-8H2,1-2H3. The van der Waals surface area contributed by atoms with Crippen molar-refractivity contribution in [3.05, 3.63) is 28.7 Å². The molecule has 0 aromatic heterocycles. The number of benzene rings is 1. The monoisotopic (exact) mass is 286 g/mol. The van der Waals surface area contributed by atoms with E-state index in [1.54, 1.807) is 0 Å². The summed E-state index contributed by atoms with van der Waals surface area (Å²) in [6.07, 6.45) is 0.00195. The number of ether oxygens (including phenoxy) is 3. The third-order valence-electron chi connectivity index (χ3n) is 2.33. The molecule has 1 aromatic rings. The molecule has 1 atom stereocenters. The number of halogens is 1. The second-order valence-electron chi connectivity index (χ2n) is 4.19. The van der Waals surface area contributed by atoms with Gasteiger partial charge in [-0.15, -0.1) is 0 Å². The molecular weight excluding hydrogens is 272 g/mol. The molecule has 1 aliphatic heterocycles. The zero-order valence-corrected chi connectivity index (χ0v) is 11.0. The summed E-state index contributed by atoms with van der Waals surface area (Å²) in [5.41, 5.74) is 0. The first kappa shape index (κ1) is 11.9. The van der Waals surface area contributed by atoms with E-state index in [0.717, 1.165) is 10.2 Å². The van der Waals surface area contributed by atoms with Crippen molar-refractivity contribution in [3.63, 3.8) is 0 Å². The molecule has 16 heavy (non-hydrogen) atoms. The number of hydrogen-bond donors (Lipinski definition) is 0. The lowest BCUT2D eigenvalue weighted by Crippen LogP contribution is -2.25. The first-order valence-corrected chi connectivity index (χ1v) is 6.05. The highest BCUT2D eigenvalue weighted by Crippen LogP contribution is 2.26. The van der Waals surface area contributed by atoms with E-state index in [1.165, 1.54) is 0 Å². The Morgan fingerprint density at radius 3 is 2.81 bits per heavy atom. The van der Waals surface area contributed by atoms with Crippen LogP contribution in [0.2, 0.25) is 0 Å². The molecular formula is C12H15BrO3. The van der Waals surface area contributed by atoms with E-state index in [9.17, 15) is 0 Å². The molecule has 1 aliphatic rings. The summed E-state index contributed by atoms with van der Waals surface area (Å²) in [4.78, 5) is 0. The number of para-hydroxylation sites is 1. The third kappa shape index (κ3) is 2.97. The second kappa shape index (κ2) is 4.73. The molecule has 1 aromatic carbocycles. The lowest BCUT2D eigenvalue weighted by atomic mass is 10.3. The lowest BCUT2D eigenvalue weighted by Gasteiger charge is -2.17. The van der Waals surface area contributed by atoms with Gasteiger partial charge >= 0.3 is 0 Å². The normalized spacial score (nSPS) is 23.3. The molecule has 0 aliphatic carbocycles. The van der Waals surface area contributed by atoms with Gasteiger partial charge in [-0.2, -0.15) is 0 Å². The van der Waals surface area contributed by atoms with Crippen LogP contribution in [0.25, 0.3) is 0 Å². The van der Waals surface area contributed by atoms with Crippen molar-refractivity contribution in [2.24, 2.45) is 0 Å². The molecule has 2 rings (SSSR count). The van der Waals surface area contributed by atoms with Gasteiger partial charge in [-0.25, -0.2) is 0 Å². The fourth-order valence-corrected chi connectivity index (χ4v) is 1.99. The van der Waals surface area contributed by atoms with Crippen LogP contribution in [0, 0.1) is 0 Å². The summed E-state index contributed by atoms with van der Waals surface area (Å²) in [6, 6.07) is 7.77. The maximum absolute atomic E-state index is 5.66. The van der Waals surface area contributed by atoms with Crippen LogP contribution in [0.3, 0.4) is 0 Å². The van der Waals surface area contributed by atoms with Gasteiger partial charge in [-0.05, 0) is 41.9 Å². The first-order chi connectivity index (χ1) is 7.57. The van der Waals surface area contributed by atoms with Crippen molar-refractivity contribution in [1.82, 2.24) is 0 Å².